The van der Waals surface area contributed by atoms with Gasteiger partial charge in [-0.3, -0.25) is 9.89 Å². The molecule has 2 aromatic rings. The first-order chi connectivity index (χ1) is 10.6. The van der Waals surface area contributed by atoms with Gasteiger partial charge in [0.05, 0.1) is 6.21 Å². The van der Waals surface area contributed by atoms with Gasteiger partial charge in [-0.25, -0.2) is 5.43 Å². The zero-order valence-corrected chi connectivity index (χ0v) is 14.0. The molecule has 0 atom stereocenters. The normalized spacial score (nSPS) is 12.1. The lowest BCUT2D eigenvalue weighted by atomic mass is 10.1. The molecule has 0 radical (unpaired) electrons. The Hall–Kier alpha value is -2.21. The number of hydrogen-bond donors (Lipinski definition) is 2. The van der Waals surface area contributed by atoms with Crippen LogP contribution in [-0.2, 0) is 0 Å². The maximum atomic E-state index is 11.9. The number of benzene rings is 1. The molecule has 0 aliphatic heterocycles. The van der Waals surface area contributed by atoms with Crippen LogP contribution < -0.4 is 5.43 Å². The number of aromatic nitrogens is 2. The van der Waals surface area contributed by atoms with Gasteiger partial charge in [-0.2, -0.15) is 10.2 Å². The molecule has 1 aromatic carbocycles. The highest BCUT2D eigenvalue weighted by Gasteiger charge is 2.10. The third-order valence-corrected chi connectivity index (χ3v) is 3.34. The van der Waals surface area contributed by atoms with Crippen molar-refractivity contribution in [3.8, 4) is 0 Å². The lowest BCUT2D eigenvalue weighted by molar-refractivity contribution is 0.0950. The number of hydrogen-bond acceptors (Lipinski definition) is 3. The number of H-pyrrole nitrogens is 1. The van der Waals surface area contributed by atoms with Gasteiger partial charge >= 0.3 is 0 Å². The van der Waals surface area contributed by atoms with Crippen LogP contribution in [0.15, 0.2) is 46.0 Å². The molecule has 22 heavy (non-hydrogen) atoms. The second kappa shape index (κ2) is 7.70. The van der Waals surface area contributed by atoms with Crippen LogP contribution in [0.1, 0.15) is 41.5 Å². The Kier molecular flexibility index (Phi) is 5.66. The lowest BCUT2D eigenvalue weighted by Gasteiger charge is -1.97. The Bertz CT molecular complexity index is 689. The summed E-state index contributed by atoms with van der Waals surface area (Å²) in [5, 5.41) is 10.7. The Morgan fingerprint density at radius 1 is 1.36 bits per heavy atom. The van der Waals surface area contributed by atoms with Crippen molar-refractivity contribution in [1.29, 1.82) is 0 Å². The van der Waals surface area contributed by atoms with E-state index in [1.54, 1.807) is 6.07 Å². The average Bonchev–Trinajstić information content (AvgIpc) is 2.98. The molecule has 0 aliphatic carbocycles. The van der Waals surface area contributed by atoms with Crippen molar-refractivity contribution in [2.75, 3.05) is 0 Å². The highest BCUT2D eigenvalue weighted by Crippen LogP contribution is 2.12. The number of hydrazone groups is 1. The number of aromatic amines is 1. The molecule has 1 amide bonds. The van der Waals surface area contributed by atoms with Gasteiger partial charge in [-0.15, -0.1) is 0 Å². The van der Waals surface area contributed by atoms with E-state index in [0.717, 1.165) is 15.7 Å². The van der Waals surface area contributed by atoms with E-state index in [1.165, 1.54) is 6.21 Å². The van der Waals surface area contributed by atoms with Crippen molar-refractivity contribution in [3.05, 3.63) is 57.8 Å². The minimum absolute atomic E-state index is 0.292. The summed E-state index contributed by atoms with van der Waals surface area (Å²) >= 11 is 3.38. The van der Waals surface area contributed by atoms with E-state index in [0.29, 0.717) is 11.6 Å². The largest absolute Gasteiger partial charge is 0.291 e. The van der Waals surface area contributed by atoms with E-state index in [2.05, 4.69) is 36.7 Å². The van der Waals surface area contributed by atoms with Gasteiger partial charge in [0.2, 0.25) is 0 Å². The molecular weight excluding hydrogens is 344 g/mol. The Balaban J connectivity index is 1.93. The smallest absolute Gasteiger partial charge is 0.282 e. The molecule has 6 heteroatoms. The monoisotopic (exact) mass is 360 g/mol. The summed E-state index contributed by atoms with van der Waals surface area (Å²) in [4.78, 5) is 11.9. The number of amides is 1. The van der Waals surface area contributed by atoms with Crippen molar-refractivity contribution in [2.45, 2.75) is 19.8 Å². The molecule has 0 saturated heterocycles. The van der Waals surface area contributed by atoms with Crippen molar-refractivity contribution >= 4 is 34.1 Å². The third-order valence-electron chi connectivity index (χ3n) is 2.91. The molecule has 2 N–H and O–H groups in total. The molecule has 0 spiro atoms. The summed E-state index contributed by atoms with van der Waals surface area (Å²) in [6.45, 7) is 4.05. The van der Waals surface area contributed by atoms with E-state index in [4.69, 9.17) is 0 Å². The molecule has 0 saturated carbocycles. The van der Waals surface area contributed by atoms with Crippen LogP contribution >= 0.6 is 15.9 Å². The molecule has 0 unspecified atom stereocenters. The number of rotatable bonds is 5. The summed E-state index contributed by atoms with van der Waals surface area (Å²) in [7, 11) is 0. The highest BCUT2D eigenvalue weighted by molar-refractivity contribution is 9.12. The van der Waals surface area contributed by atoms with Crippen LogP contribution in [0, 0.1) is 0 Å². The first-order valence-electron chi connectivity index (χ1n) is 6.87. The first kappa shape index (κ1) is 16.2. The number of carbonyl (C=O) groups is 1. The van der Waals surface area contributed by atoms with E-state index < -0.39 is 0 Å². The van der Waals surface area contributed by atoms with E-state index in [1.807, 2.05) is 50.3 Å². The van der Waals surface area contributed by atoms with Crippen molar-refractivity contribution in [1.82, 2.24) is 15.6 Å². The van der Waals surface area contributed by atoms with Gasteiger partial charge in [0.25, 0.3) is 5.91 Å². The summed E-state index contributed by atoms with van der Waals surface area (Å²) < 4.78 is 0.754. The fraction of sp³-hybridized carbons (Fsp3) is 0.188. The second-order valence-electron chi connectivity index (χ2n) is 5.00. The van der Waals surface area contributed by atoms with Gasteiger partial charge in [0, 0.05) is 10.2 Å². The highest BCUT2D eigenvalue weighted by atomic mass is 79.9. The SMILES string of the molecule is CC(C)c1cc(C(=O)N/N=C\C(Br)=C\c2ccccc2)n[nH]1. The van der Waals surface area contributed by atoms with Crippen LogP contribution in [0.4, 0.5) is 0 Å². The summed E-state index contributed by atoms with van der Waals surface area (Å²) in [5.74, 6) is -0.0556. The third kappa shape index (κ3) is 4.66. The van der Waals surface area contributed by atoms with Gasteiger partial charge < -0.3 is 0 Å². The topological polar surface area (TPSA) is 70.1 Å². The maximum Gasteiger partial charge on any atom is 0.291 e. The summed E-state index contributed by atoms with van der Waals surface area (Å²) in [6, 6.07) is 11.5. The molecule has 0 aliphatic rings. The van der Waals surface area contributed by atoms with Gasteiger partial charge in [-0.05, 0) is 39.6 Å². The second-order valence-corrected chi connectivity index (χ2v) is 5.92. The quantitative estimate of drug-likeness (QED) is 0.630. The van der Waals surface area contributed by atoms with E-state index in [9.17, 15) is 4.79 Å². The zero-order chi connectivity index (χ0) is 15.9. The first-order valence-corrected chi connectivity index (χ1v) is 7.66. The van der Waals surface area contributed by atoms with Gasteiger partial charge in [0.15, 0.2) is 5.69 Å². The minimum Gasteiger partial charge on any atom is -0.282 e. The molecule has 0 bridgehead atoms. The van der Waals surface area contributed by atoms with Crippen molar-refractivity contribution in [2.24, 2.45) is 5.10 Å². The molecule has 1 heterocycles. The number of nitrogens with zero attached hydrogens (tertiary/aromatic N) is 2. The Labute approximate surface area is 137 Å². The van der Waals surface area contributed by atoms with E-state index in [-0.39, 0.29) is 5.91 Å². The molecule has 1 aromatic heterocycles. The molecule has 5 nitrogen and oxygen atoms in total. The van der Waals surface area contributed by atoms with Gasteiger partial charge in [-0.1, -0.05) is 44.2 Å². The van der Waals surface area contributed by atoms with E-state index >= 15 is 0 Å². The van der Waals surface area contributed by atoms with Gasteiger partial charge in [0.1, 0.15) is 0 Å². The fourth-order valence-electron chi connectivity index (χ4n) is 1.70. The van der Waals surface area contributed by atoms with Crippen molar-refractivity contribution < 1.29 is 4.79 Å². The van der Waals surface area contributed by atoms with Crippen LogP contribution in [0.2, 0.25) is 0 Å². The molecular formula is C16H17BrN4O. The van der Waals surface area contributed by atoms with Crippen molar-refractivity contribution in [3.63, 3.8) is 0 Å². The summed E-state index contributed by atoms with van der Waals surface area (Å²) in [6.07, 6.45) is 3.43. The lowest BCUT2D eigenvalue weighted by Crippen LogP contribution is -2.17. The van der Waals surface area contributed by atoms with Crippen LogP contribution in [0.5, 0.6) is 0 Å². The Morgan fingerprint density at radius 2 is 2.09 bits per heavy atom. The fourth-order valence-corrected chi connectivity index (χ4v) is 2.07. The predicted octanol–water partition coefficient (Wildman–Crippen LogP) is 3.68. The average molecular weight is 361 g/mol. The summed E-state index contributed by atoms with van der Waals surface area (Å²) in [5.41, 5.74) is 4.73. The van der Waals surface area contributed by atoms with Crippen LogP contribution in [-0.4, -0.2) is 22.3 Å². The minimum atomic E-state index is -0.348. The number of nitrogens with one attached hydrogen (secondary N) is 2. The number of halogens is 1. The molecule has 0 fully saturated rings. The van der Waals surface area contributed by atoms with Crippen LogP contribution in [0.25, 0.3) is 6.08 Å². The Morgan fingerprint density at radius 3 is 2.73 bits per heavy atom. The maximum absolute atomic E-state index is 11.9. The van der Waals surface area contributed by atoms with Crippen LogP contribution in [0.3, 0.4) is 0 Å². The number of allylic oxidation sites excluding steroid dienone is 1. The molecule has 2 rings (SSSR count). The molecule has 114 valence electrons. The predicted molar refractivity (Wildman–Crippen MR) is 92.0 cm³/mol. The standard InChI is InChI=1S/C16H17BrN4O/c1-11(2)14-9-15(20-19-14)16(22)21-18-10-13(17)8-12-6-4-3-5-7-12/h3-11H,1-2H3,(H,19,20)(H,21,22)/b13-8-,18-10-. The zero-order valence-electron chi connectivity index (χ0n) is 12.4. The number of carbonyl (C=O) groups excluding carboxylic acids is 1.